The highest BCUT2D eigenvalue weighted by atomic mass is 19.1. The van der Waals surface area contributed by atoms with Crippen LogP contribution in [-0.2, 0) is 4.74 Å². The molecule has 1 saturated heterocycles. The first kappa shape index (κ1) is 12.3. The normalized spacial score (nSPS) is 22.1. The van der Waals surface area contributed by atoms with Crippen LogP contribution in [0, 0.1) is 5.82 Å². The highest BCUT2D eigenvalue weighted by Crippen LogP contribution is 2.12. The summed E-state index contributed by atoms with van der Waals surface area (Å²) in [4.78, 5) is 0. The molecule has 4 heteroatoms. The fourth-order valence-electron chi connectivity index (χ4n) is 2.09. The van der Waals surface area contributed by atoms with E-state index in [1.807, 2.05) is 0 Å². The number of morpholine rings is 1. The van der Waals surface area contributed by atoms with Crippen LogP contribution in [0.25, 0.3) is 0 Å². The number of hydrogen-bond donors (Lipinski definition) is 2. The molecule has 0 aromatic heterocycles. The molecule has 0 amide bonds. The number of benzene rings is 1. The zero-order valence-corrected chi connectivity index (χ0v) is 10.1. The van der Waals surface area contributed by atoms with Crippen LogP contribution >= 0.6 is 0 Å². The van der Waals surface area contributed by atoms with Gasteiger partial charge in [0, 0.05) is 24.3 Å². The SMILES string of the molecule is CC(CC1COCCN1)Nc1ccc(F)cc1. The molecule has 0 saturated carbocycles. The quantitative estimate of drug-likeness (QED) is 0.841. The maximum absolute atomic E-state index is 12.7. The van der Waals surface area contributed by atoms with E-state index in [0.717, 1.165) is 31.9 Å². The lowest BCUT2D eigenvalue weighted by Crippen LogP contribution is -2.43. The monoisotopic (exact) mass is 238 g/mol. The second kappa shape index (κ2) is 5.98. The van der Waals surface area contributed by atoms with Gasteiger partial charge in [-0.1, -0.05) is 0 Å². The van der Waals surface area contributed by atoms with Crippen molar-refractivity contribution in [2.45, 2.75) is 25.4 Å². The number of anilines is 1. The number of halogens is 1. The Labute approximate surface area is 101 Å². The summed E-state index contributed by atoms with van der Waals surface area (Å²) in [5, 5.41) is 6.77. The predicted octanol–water partition coefficient (Wildman–Crippen LogP) is 2.00. The molecule has 0 spiro atoms. The molecule has 2 N–H and O–H groups in total. The van der Waals surface area contributed by atoms with Crippen LogP contribution < -0.4 is 10.6 Å². The van der Waals surface area contributed by atoms with E-state index in [1.54, 1.807) is 12.1 Å². The number of rotatable bonds is 4. The molecule has 0 aliphatic carbocycles. The molecular weight excluding hydrogens is 219 g/mol. The molecule has 1 fully saturated rings. The van der Waals surface area contributed by atoms with E-state index in [0.29, 0.717) is 12.1 Å². The van der Waals surface area contributed by atoms with Gasteiger partial charge >= 0.3 is 0 Å². The Kier molecular flexibility index (Phi) is 4.34. The largest absolute Gasteiger partial charge is 0.383 e. The van der Waals surface area contributed by atoms with Crippen LogP contribution in [0.4, 0.5) is 10.1 Å². The van der Waals surface area contributed by atoms with Gasteiger partial charge in [0.25, 0.3) is 0 Å². The van der Waals surface area contributed by atoms with Gasteiger partial charge in [-0.3, -0.25) is 0 Å². The fourth-order valence-corrected chi connectivity index (χ4v) is 2.09. The molecule has 1 aliphatic rings. The molecule has 0 bridgehead atoms. The van der Waals surface area contributed by atoms with Crippen molar-refractivity contribution in [3.05, 3.63) is 30.1 Å². The first-order chi connectivity index (χ1) is 8.24. The smallest absolute Gasteiger partial charge is 0.123 e. The highest BCUT2D eigenvalue weighted by molar-refractivity contribution is 5.43. The average Bonchev–Trinajstić information content (AvgIpc) is 2.33. The predicted molar refractivity (Wildman–Crippen MR) is 66.7 cm³/mol. The minimum absolute atomic E-state index is 0.203. The second-order valence-corrected chi connectivity index (χ2v) is 4.51. The van der Waals surface area contributed by atoms with E-state index in [2.05, 4.69) is 17.6 Å². The molecular formula is C13H19FN2O. The maximum atomic E-state index is 12.7. The molecule has 1 heterocycles. The second-order valence-electron chi connectivity index (χ2n) is 4.51. The minimum atomic E-state index is -0.203. The van der Waals surface area contributed by atoms with Gasteiger partial charge in [-0.2, -0.15) is 0 Å². The van der Waals surface area contributed by atoms with Crippen LogP contribution in [0.5, 0.6) is 0 Å². The lowest BCUT2D eigenvalue weighted by Gasteiger charge is -2.27. The zero-order valence-electron chi connectivity index (χ0n) is 10.1. The topological polar surface area (TPSA) is 33.3 Å². The Morgan fingerprint density at radius 1 is 1.47 bits per heavy atom. The summed E-state index contributed by atoms with van der Waals surface area (Å²) in [5.74, 6) is -0.203. The Morgan fingerprint density at radius 3 is 2.88 bits per heavy atom. The van der Waals surface area contributed by atoms with Crippen molar-refractivity contribution in [3.8, 4) is 0 Å². The van der Waals surface area contributed by atoms with Gasteiger partial charge in [-0.05, 0) is 37.6 Å². The van der Waals surface area contributed by atoms with Crippen LogP contribution in [-0.4, -0.2) is 31.8 Å². The highest BCUT2D eigenvalue weighted by Gasteiger charge is 2.15. The lowest BCUT2D eigenvalue weighted by atomic mass is 10.1. The third-order valence-electron chi connectivity index (χ3n) is 2.89. The van der Waals surface area contributed by atoms with Crippen molar-refractivity contribution < 1.29 is 9.13 Å². The van der Waals surface area contributed by atoms with Crippen molar-refractivity contribution in [1.29, 1.82) is 0 Å². The molecule has 1 aromatic rings. The molecule has 1 aliphatic heterocycles. The molecule has 2 unspecified atom stereocenters. The molecule has 17 heavy (non-hydrogen) atoms. The van der Waals surface area contributed by atoms with Crippen molar-refractivity contribution in [3.63, 3.8) is 0 Å². The minimum Gasteiger partial charge on any atom is -0.383 e. The summed E-state index contributed by atoms with van der Waals surface area (Å²) in [5.41, 5.74) is 0.954. The van der Waals surface area contributed by atoms with E-state index >= 15 is 0 Å². The van der Waals surface area contributed by atoms with Gasteiger partial charge in [0.1, 0.15) is 5.82 Å². The summed E-state index contributed by atoms with van der Waals surface area (Å²) in [6.45, 7) is 4.62. The summed E-state index contributed by atoms with van der Waals surface area (Å²) < 4.78 is 18.2. The van der Waals surface area contributed by atoms with Crippen LogP contribution in [0.3, 0.4) is 0 Å². The van der Waals surface area contributed by atoms with E-state index < -0.39 is 0 Å². The Hall–Kier alpha value is -1.13. The van der Waals surface area contributed by atoms with Crippen molar-refractivity contribution in [2.24, 2.45) is 0 Å². The molecule has 1 aromatic carbocycles. The summed E-state index contributed by atoms with van der Waals surface area (Å²) >= 11 is 0. The van der Waals surface area contributed by atoms with E-state index in [-0.39, 0.29) is 5.82 Å². The maximum Gasteiger partial charge on any atom is 0.123 e. The summed E-state index contributed by atoms with van der Waals surface area (Å²) in [6, 6.07) is 7.20. The van der Waals surface area contributed by atoms with Gasteiger partial charge in [0.15, 0.2) is 0 Å². The molecule has 94 valence electrons. The van der Waals surface area contributed by atoms with Gasteiger partial charge < -0.3 is 15.4 Å². The third-order valence-corrected chi connectivity index (χ3v) is 2.89. The molecule has 0 radical (unpaired) electrons. The molecule has 2 atom stereocenters. The van der Waals surface area contributed by atoms with Gasteiger partial charge in [-0.15, -0.1) is 0 Å². The lowest BCUT2D eigenvalue weighted by molar-refractivity contribution is 0.0731. The van der Waals surface area contributed by atoms with Crippen LogP contribution in [0.15, 0.2) is 24.3 Å². The Balaban J connectivity index is 1.79. The summed E-state index contributed by atoms with van der Waals surface area (Å²) in [6.07, 6.45) is 0.997. The molecule has 2 rings (SSSR count). The van der Waals surface area contributed by atoms with E-state index in [4.69, 9.17) is 4.74 Å². The van der Waals surface area contributed by atoms with Gasteiger partial charge in [-0.25, -0.2) is 4.39 Å². The average molecular weight is 238 g/mol. The molecule has 3 nitrogen and oxygen atoms in total. The van der Waals surface area contributed by atoms with Gasteiger partial charge in [0.2, 0.25) is 0 Å². The standard InChI is InChI=1S/C13H19FN2O/c1-10(8-13-9-17-7-6-15-13)16-12-4-2-11(14)3-5-12/h2-5,10,13,15-16H,6-9H2,1H3. The van der Waals surface area contributed by atoms with Gasteiger partial charge in [0.05, 0.1) is 13.2 Å². The van der Waals surface area contributed by atoms with Crippen molar-refractivity contribution in [1.82, 2.24) is 5.32 Å². The van der Waals surface area contributed by atoms with Crippen LogP contribution in [0.1, 0.15) is 13.3 Å². The third kappa shape index (κ3) is 3.98. The fraction of sp³-hybridized carbons (Fsp3) is 0.538. The van der Waals surface area contributed by atoms with E-state index in [1.165, 1.54) is 12.1 Å². The first-order valence-electron chi connectivity index (χ1n) is 6.07. The Bertz CT molecular complexity index is 336. The number of hydrogen-bond acceptors (Lipinski definition) is 3. The first-order valence-corrected chi connectivity index (χ1v) is 6.07. The number of nitrogens with one attached hydrogen (secondary N) is 2. The van der Waals surface area contributed by atoms with Crippen molar-refractivity contribution in [2.75, 3.05) is 25.1 Å². The van der Waals surface area contributed by atoms with Crippen molar-refractivity contribution >= 4 is 5.69 Å². The van der Waals surface area contributed by atoms with Crippen LogP contribution in [0.2, 0.25) is 0 Å². The zero-order chi connectivity index (χ0) is 12.1. The Morgan fingerprint density at radius 2 is 2.24 bits per heavy atom. The number of ether oxygens (including phenoxy) is 1. The summed E-state index contributed by atoms with van der Waals surface area (Å²) in [7, 11) is 0. The van der Waals surface area contributed by atoms with E-state index in [9.17, 15) is 4.39 Å².